The number of aryl methyl sites for hydroxylation is 1. The van der Waals surface area contributed by atoms with Gasteiger partial charge in [0, 0.05) is 0 Å². The smallest absolute Gasteiger partial charge is 0.261 e. The number of fused-ring (bicyclic) bond motifs is 1. The van der Waals surface area contributed by atoms with Gasteiger partial charge in [0.1, 0.15) is 0 Å². The zero-order chi connectivity index (χ0) is 15.0. The zero-order valence-corrected chi connectivity index (χ0v) is 14.0. The second kappa shape index (κ2) is 5.69. The van der Waals surface area contributed by atoms with Gasteiger partial charge >= 0.3 is 0 Å². The topological polar surface area (TPSA) is 47.6 Å². The normalized spacial score (nSPS) is 14.0. The molecule has 1 atom stereocenters. The second-order valence-corrected chi connectivity index (χ2v) is 7.25. The average Bonchev–Trinajstić information content (AvgIpc) is 3.05. The molecule has 0 radical (unpaired) electrons. The molecule has 0 fully saturated rings. The Bertz CT molecular complexity index is 679. The van der Waals surface area contributed by atoms with E-state index in [0.717, 1.165) is 26.4 Å². The number of hydrogen-bond donors (Lipinski definition) is 1. The van der Waals surface area contributed by atoms with Crippen molar-refractivity contribution in [3.8, 4) is 11.5 Å². The Morgan fingerprint density at radius 2 is 2.10 bits per heavy atom. The number of halogens is 1. The fourth-order valence-corrected chi connectivity index (χ4v) is 3.54. The molecule has 1 amide bonds. The number of rotatable bonds is 3. The fourth-order valence-electron chi connectivity index (χ4n) is 2.11. The summed E-state index contributed by atoms with van der Waals surface area (Å²) in [5, 5.41) is 3.00. The predicted molar refractivity (Wildman–Crippen MR) is 85.2 cm³/mol. The predicted octanol–water partition coefficient (Wildman–Crippen LogP) is 4.04. The van der Waals surface area contributed by atoms with Crippen LogP contribution in [0.5, 0.6) is 11.5 Å². The van der Waals surface area contributed by atoms with Gasteiger partial charge in [0.05, 0.1) is 14.7 Å². The maximum Gasteiger partial charge on any atom is 0.261 e. The van der Waals surface area contributed by atoms with Gasteiger partial charge in [-0.05, 0) is 59.1 Å². The molecule has 0 saturated carbocycles. The van der Waals surface area contributed by atoms with E-state index in [9.17, 15) is 4.79 Å². The number of carbonyl (C=O) groups is 1. The molecule has 2 heterocycles. The summed E-state index contributed by atoms with van der Waals surface area (Å²) in [6.07, 6.45) is 0. The van der Waals surface area contributed by atoms with Gasteiger partial charge in [0.2, 0.25) is 6.79 Å². The number of amides is 1. The molecule has 1 aromatic heterocycles. The summed E-state index contributed by atoms with van der Waals surface area (Å²) in [6, 6.07) is 7.49. The Balaban J connectivity index is 1.73. The molecule has 0 saturated heterocycles. The number of nitrogens with one attached hydrogen (secondary N) is 1. The van der Waals surface area contributed by atoms with Crippen LogP contribution in [0.25, 0.3) is 0 Å². The van der Waals surface area contributed by atoms with Crippen molar-refractivity contribution in [2.75, 3.05) is 6.79 Å². The van der Waals surface area contributed by atoms with Crippen LogP contribution in [0.3, 0.4) is 0 Å². The van der Waals surface area contributed by atoms with Crippen molar-refractivity contribution in [3.63, 3.8) is 0 Å². The van der Waals surface area contributed by atoms with Crippen LogP contribution in [0.4, 0.5) is 0 Å². The first-order valence-electron chi connectivity index (χ1n) is 6.51. The van der Waals surface area contributed by atoms with E-state index in [4.69, 9.17) is 9.47 Å². The van der Waals surface area contributed by atoms with Crippen LogP contribution in [-0.2, 0) is 0 Å². The van der Waals surface area contributed by atoms with Gasteiger partial charge < -0.3 is 14.8 Å². The molecule has 1 aliphatic rings. The SMILES string of the molecule is Cc1cc(C(=O)NC(C)c2ccc3c(c2)OCO3)sc1Br. The van der Waals surface area contributed by atoms with Gasteiger partial charge in [-0.3, -0.25) is 4.79 Å². The van der Waals surface area contributed by atoms with Crippen LogP contribution < -0.4 is 14.8 Å². The molecule has 0 spiro atoms. The standard InChI is InChI=1S/C15H14BrNO3S/c1-8-5-13(21-14(8)16)15(18)17-9(2)10-3-4-11-12(6-10)20-7-19-11/h3-6,9H,7H2,1-2H3,(H,17,18). The summed E-state index contributed by atoms with van der Waals surface area (Å²) in [4.78, 5) is 13.0. The number of hydrogen-bond acceptors (Lipinski definition) is 4. The van der Waals surface area contributed by atoms with E-state index in [1.807, 2.05) is 38.1 Å². The van der Waals surface area contributed by atoms with Crippen molar-refractivity contribution in [2.24, 2.45) is 0 Å². The van der Waals surface area contributed by atoms with E-state index in [2.05, 4.69) is 21.2 Å². The third kappa shape index (κ3) is 2.91. The van der Waals surface area contributed by atoms with E-state index in [1.54, 1.807) is 0 Å². The monoisotopic (exact) mass is 367 g/mol. The minimum absolute atomic E-state index is 0.0704. The van der Waals surface area contributed by atoms with Crippen LogP contribution >= 0.6 is 27.3 Å². The molecule has 3 rings (SSSR count). The van der Waals surface area contributed by atoms with Gasteiger partial charge in [-0.1, -0.05) is 6.07 Å². The Kier molecular flexibility index (Phi) is 3.91. The lowest BCUT2D eigenvalue weighted by atomic mass is 10.1. The number of carbonyl (C=O) groups excluding carboxylic acids is 1. The Morgan fingerprint density at radius 3 is 2.81 bits per heavy atom. The lowest BCUT2D eigenvalue weighted by Gasteiger charge is -2.14. The van der Waals surface area contributed by atoms with Gasteiger partial charge in [0.25, 0.3) is 5.91 Å². The van der Waals surface area contributed by atoms with E-state index in [0.29, 0.717) is 4.88 Å². The Labute approximate surface area is 135 Å². The maximum absolute atomic E-state index is 12.3. The van der Waals surface area contributed by atoms with Gasteiger partial charge in [-0.2, -0.15) is 0 Å². The van der Waals surface area contributed by atoms with Crippen molar-refractivity contribution >= 4 is 33.2 Å². The fraction of sp³-hybridized carbons (Fsp3) is 0.267. The maximum atomic E-state index is 12.3. The third-order valence-electron chi connectivity index (χ3n) is 3.33. The van der Waals surface area contributed by atoms with Gasteiger partial charge in [0.15, 0.2) is 11.5 Å². The molecule has 4 nitrogen and oxygen atoms in total. The highest BCUT2D eigenvalue weighted by atomic mass is 79.9. The molecular formula is C15H14BrNO3S. The number of thiophene rings is 1. The molecule has 21 heavy (non-hydrogen) atoms. The quantitative estimate of drug-likeness (QED) is 0.890. The minimum atomic E-state index is -0.104. The first-order chi connectivity index (χ1) is 10.0. The van der Waals surface area contributed by atoms with E-state index in [1.165, 1.54) is 11.3 Å². The van der Waals surface area contributed by atoms with Crippen LogP contribution in [0, 0.1) is 6.92 Å². The lowest BCUT2D eigenvalue weighted by molar-refractivity contribution is 0.0944. The van der Waals surface area contributed by atoms with Crippen LogP contribution in [0.15, 0.2) is 28.1 Å². The molecule has 110 valence electrons. The summed E-state index contributed by atoms with van der Waals surface area (Å²) < 4.78 is 11.6. The van der Waals surface area contributed by atoms with Crippen molar-refractivity contribution in [1.82, 2.24) is 5.32 Å². The molecular weight excluding hydrogens is 354 g/mol. The van der Waals surface area contributed by atoms with Gasteiger partial charge in [-0.15, -0.1) is 11.3 Å². The highest BCUT2D eigenvalue weighted by Crippen LogP contribution is 2.34. The summed E-state index contributed by atoms with van der Waals surface area (Å²) in [6.45, 7) is 4.17. The minimum Gasteiger partial charge on any atom is -0.454 e. The van der Waals surface area contributed by atoms with Gasteiger partial charge in [-0.25, -0.2) is 0 Å². The van der Waals surface area contributed by atoms with Crippen molar-refractivity contribution in [2.45, 2.75) is 19.9 Å². The highest BCUT2D eigenvalue weighted by molar-refractivity contribution is 9.11. The van der Waals surface area contributed by atoms with Crippen LogP contribution in [0.2, 0.25) is 0 Å². The van der Waals surface area contributed by atoms with Crippen molar-refractivity contribution in [1.29, 1.82) is 0 Å². The summed E-state index contributed by atoms with van der Waals surface area (Å²) in [5.74, 6) is 1.40. The largest absolute Gasteiger partial charge is 0.454 e. The second-order valence-electron chi connectivity index (χ2n) is 4.88. The van der Waals surface area contributed by atoms with Crippen LogP contribution in [-0.4, -0.2) is 12.7 Å². The van der Waals surface area contributed by atoms with Crippen LogP contribution in [0.1, 0.15) is 33.8 Å². The molecule has 0 aliphatic carbocycles. The van der Waals surface area contributed by atoms with Crippen molar-refractivity contribution in [3.05, 3.63) is 44.1 Å². The molecule has 1 aliphatic heterocycles. The van der Waals surface area contributed by atoms with E-state index in [-0.39, 0.29) is 18.7 Å². The first-order valence-corrected chi connectivity index (χ1v) is 8.12. The summed E-state index contributed by atoms with van der Waals surface area (Å²) in [5.41, 5.74) is 2.06. The summed E-state index contributed by atoms with van der Waals surface area (Å²) >= 11 is 4.88. The Hall–Kier alpha value is -1.53. The molecule has 2 aromatic rings. The third-order valence-corrected chi connectivity index (χ3v) is 5.46. The molecule has 1 N–H and O–H groups in total. The average molecular weight is 368 g/mol. The Morgan fingerprint density at radius 1 is 1.33 bits per heavy atom. The zero-order valence-electron chi connectivity index (χ0n) is 11.6. The van der Waals surface area contributed by atoms with E-state index < -0.39 is 0 Å². The van der Waals surface area contributed by atoms with Crippen molar-refractivity contribution < 1.29 is 14.3 Å². The van der Waals surface area contributed by atoms with E-state index >= 15 is 0 Å². The molecule has 6 heteroatoms. The molecule has 1 unspecified atom stereocenters. The molecule has 1 aromatic carbocycles. The number of benzene rings is 1. The lowest BCUT2D eigenvalue weighted by Crippen LogP contribution is -2.25. The summed E-state index contributed by atoms with van der Waals surface area (Å²) in [7, 11) is 0. The number of ether oxygens (including phenoxy) is 2. The molecule has 0 bridgehead atoms. The highest BCUT2D eigenvalue weighted by Gasteiger charge is 2.18. The first kappa shape index (κ1) is 14.4.